The van der Waals surface area contributed by atoms with Gasteiger partial charge < -0.3 is 0 Å². The van der Waals surface area contributed by atoms with Gasteiger partial charge in [-0.05, 0) is 57.4 Å². The Bertz CT molecular complexity index is 775. The topological polar surface area (TPSA) is 71.1 Å². The zero-order chi connectivity index (χ0) is 20.7. The molecule has 0 spiro atoms. The first-order valence-corrected chi connectivity index (χ1v) is 8.89. The van der Waals surface area contributed by atoms with Crippen LogP contribution in [-0.2, 0) is 19.6 Å². The normalized spacial score (nSPS) is 10.8. The molecule has 0 saturated heterocycles. The van der Waals surface area contributed by atoms with Gasteiger partial charge in [0, 0.05) is 6.42 Å². The molecule has 0 atom stereocenters. The van der Waals surface area contributed by atoms with Crippen LogP contribution in [0.1, 0.15) is 55.8 Å². The van der Waals surface area contributed by atoms with Crippen molar-refractivity contribution in [3.05, 3.63) is 83.0 Å². The van der Waals surface area contributed by atoms with E-state index in [-0.39, 0.29) is 12.7 Å². The Morgan fingerprint density at radius 1 is 0.750 bits per heavy atom. The van der Waals surface area contributed by atoms with Gasteiger partial charge in [-0.15, -0.1) is 9.78 Å². The molecule has 2 aromatic carbocycles. The predicted octanol–water partition coefficient (Wildman–Crippen LogP) is 4.90. The van der Waals surface area contributed by atoms with Crippen LogP contribution in [0.3, 0.4) is 0 Å². The van der Waals surface area contributed by atoms with Crippen LogP contribution in [0, 0.1) is 40.9 Å². The lowest BCUT2D eigenvalue weighted by molar-refractivity contribution is -0.363. The summed E-state index contributed by atoms with van der Waals surface area (Å²) < 4.78 is 0. The summed E-state index contributed by atoms with van der Waals surface area (Å²) in [6.07, 6.45) is 0.393. The fourth-order valence-corrected chi connectivity index (χ4v) is 2.59. The summed E-state index contributed by atoms with van der Waals surface area (Å²) in [4.78, 5) is 43.9. The van der Waals surface area contributed by atoms with Crippen molar-refractivity contribution in [3.63, 3.8) is 0 Å². The molecule has 0 unspecified atom stereocenters. The molecular weight excluding hydrogens is 360 g/mol. The fourth-order valence-electron chi connectivity index (χ4n) is 2.59. The Kier molecular flexibility index (Phi) is 7.72. The number of rotatable bonds is 8. The second kappa shape index (κ2) is 10.0. The Morgan fingerprint density at radius 2 is 1.18 bits per heavy atom. The zero-order valence-corrected chi connectivity index (χ0v) is 16.5. The summed E-state index contributed by atoms with van der Waals surface area (Å²) in [6.45, 7) is 11.1. The lowest BCUT2D eigenvalue weighted by Crippen LogP contribution is -2.17. The maximum absolute atomic E-state index is 12.2. The standard InChI is InChI=1S/C22H24O6/c1-6-7-20(25-27-21(23)18-10-8-14(2)12-16(18)4)26-28-22(24)19-11-9-15(3)13-17(19)5/h8-13H,1,6-7H2,2-5H3. The van der Waals surface area contributed by atoms with E-state index in [1.54, 1.807) is 38.1 Å². The van der Waals surface area contributed by atoms with Crippen LogP contribution in [0.15, 0.2) is 36.4 Å². The van der Waals surface area contributed by atoms with Gasteiger partial charge in [-0.2, -0.15) is 0 Å². The van der Waals surface area contributed by atoms with E-state index in [2.05, 4.69) is 6.92 Å². The molecule has 0 heterocycles. The highest BCUT2D eigenvalue weighted by atomic mass is 17.3. The average molecular weight is 384 g/mol. The first-order valence-electron chi connectivity index (χ1n) is 8.89. The van der Waals surface area contributed by atoms with E-state index in [4.69, 9.17) is 19.6 Å². The molecule has 2 rings (SSSR count). The monoisotopic (exact) mass is 384 g/mol. The van der Waals surface area contributed by atoms with Crippen molar-refractivity contribution in [2.24, 2.45) is 0 Å². The molecule has 0 saturated carbocycles. The van der Waals surface area contributed by atoms with Gasteiger partial charge in [0.1, 0.15) is 0 Å². The number of carbonyl (C=O) groups excluding carboxylic acids is 2. The highest BCUT2D eigenvalue weighted by molar-refractivity contribution is 5.91. The van der Waals surface area contributed by atoms with Crippen LogP contribution in [0.4, 0.5) is 0 Å². The minimum Gasteiger partial charge on any atom is -0.289 e. The predicted molar refractivity (Wildman–Crippen MR) is 103 cm³/mol. The van der Waals surface area contributed by atoms with Crippen molar-refractivity contribution in [2.45, 2.75) is 40.5 Å². The third-order valence-corrected chi connectivity index (χ3v) is 4.01. The molecule has 0 fully saturated rings. The van der Waals surface area contributed by atoms with Crippen molar-refractivity contribution < 1.29 is 29.1 Å². The van der Waals surface area contributed by atoms with Crippen LogP contribution < -0.4 is 0 Å². The number of aryl methyl sites for hydroxylation is 4. The molecule has 2 radical (unpaired) electrons. The average Bonchev–Trinajstić information content (AvgIpc) is 2.63. The smallest absolute Gasteiger partial charge is 0.289 e. The summed E-state index contributed by atoms with van der Waals surface area (Å²) in [6, 6.07) is 10.6. The van der Waals surface area contributed by atoms with E-state index in [0.717, 1.165) is 22.3 Å². The highest BCUT2D eigenvalue weighted by Crippen LogP contribution is 2.19. The molecule has 0 aliphatic rings. The molecule has 0 aliphatic carbocycles. The van der Waals surface area contributed by atoms with E-state index in [9.17, 15) is 9.59 Å². The molecule has 6 nitrogen and oxygen atoms in total. The van der Waals surface area contributed by atoms with E-state index < -0.39 is 11.9 Å². The maximum Gasteiger partial charge on any atom is 0.373 e. The molecular formula is C22H24O6. The Hall–Kier alpha value is -2.70. The second-order valence-corrected chi connectivity index (χ2v) is 6.52. The van der Waals surface area contributed by atoms with Crippen LogP contribution in [0.5, 0.6) is 0 Å². The third-order valence-electron chi connectivity index (χ3n) is 4.01. The number of hydrogen-bond acceptors (Lipinski definition) is 6. The van der Waals surface area contributed by atoms with E-state index in [0.29, 0.717) is 17.5 Å². The largest absolute Gasteiger partial charge is 0.373 e. The number of benzene rings is 2. The zero-order valence-electron chi connectivity index (χ0n) is 16.5. The molecule has 0 bridgehead atoms. The van der Waals surface area contributed by atoms with E-state index in [1.165, 1.54) is 0 Å². The maximum atomic E-state index is 12.2. The quantitative estimate of drug-likeness (QED) is 0.476. The summed E-state index contributed by atoms with van der Waals surface area (Å²) in [5.74, 6) is -1.35. The van der Waals surface area contributed by atoms with Crippen molar-refractivity contribution in [1.82, 2.24) is 0 Å². The van der Waals surface area contributed by atoms with Crippen molar-refractivity contribution in [3.8, 4) is 0 Å². The highest BCUT2D eigenvalue weighted by Gasteiger charge is 2.22. The number of carbonyl (C=O) groups is 2. The van der Waals surface area contributed by atoms with Gasteiger partial charge >= 0.3 is 18.2 Å². The molecule has 148 valence electrons. The van der Waals surface area contributed by atoms with Gasteiger partial charge in [0.25, 0.3) is 0 Å². The Labute approximate surface area is 165 Å². The molecule has 28 heavy (non-hydrogen) atoms. The molecule has 6 heteroatoms. The molecule has 0 N–H and O–H groups in total. The second-order valence-electron chi connectivity index (χ2n) is 6.52. The van der Waals surface area contributed by atoms with Gasteiger partial charge in [0.15, 0.2) is 0 Å². The van der Waals surface area contributed by atoms with Gasteiger partial charge in [-0.3, -0.25) is 9.78 Å². The number of hydrogen-bond donors (Lipinski definition) is 0. The van der Waals surface area contributed by atoms with Crippen molar-refractivity contribution in [2.75, 3.05) is 0 Å². The van der Waals surface area contributed by atoms with Crippen LogP contribution in [-0.4, -0.2) is 11.9 Å². The minimum absolute atomic E-state index is 0.175. The summed E-state index contributed by atoms with van der Waals surface area (Å²) in [5.41, 5.74) is 4.31. The van der Waals surface area contributed by atoms with Gasteiger partial charge in [0.2, 0.25) is 0 Å². The molecule has 0 aliphatic heterocycles. The van der Waals surface area contributed by atoms with Crippen LogP contribution in [0.25, 0.3) is 0 Å². The van der Waals surface area contributed by atoms with E-state index >= 15 is 0 Å². The Balaban J connectivity index is 1.93. The summed E-state index contributed by atoms with van der Waals surface area (Å²) >= 11 is 0. The van der Waals surface area contributed by atoms with Gasteiger partial charge in [0.05, 0.1) is 11.1 Å². The third kappa shape index (κ3) is 5.90. The van der Waals surface area contributed by atoms with Gasteiger partial charge in [-0.25, -0.2) is 9.59 Å². The lowest BCUT2D eigenvalue weighted by atomic mass is 10.1. The molecule has 2 aromatic rings. The lowest BCUT2D eigenvalue weighted by Gasteiger charge is -2.14. The first-order chi connectivity index (χ1) is 13.3. The van der Waals surface area contributed by atoms with Gasteiger partial charge in [-0.1, -0.05) is 42.3 Å². The van der Waals surface area contributed by atoms with Crippen molar-refractivity contribution in [1.29, 1.82) is 0 Å². The first kappa shape index (κ1) is 21.6. The summed E-state index contributed by atoms with van der Waals surface area (Å²) in [5, 5.41) is 0. The minimum atomic E-state index is -0.677. The summed E-state index contributed by atoms with van der Waals surface area (Å²) in [7, 11) is 0. The SMILES string of the molecule is [CH2]CC[C](OOC(=O)c1ccc(C)cc1C)OOC(=O)c1ccc(C)cc1C. The molecule has 0 aromatic heterocycles. The van der Waals surface area contributed by atoms with Crippen LogP contribution in [0.2, 0.25) is 0 Å². The Morgan fingerprint density at radius 3 is 1.54 bits per heavy atom. The van der Waals surface area contributed by atoms with E-state index in [1.807, 2.05) is 26.0 Å². The van der Waals surface area contributed by atoms with Crippen LogP contribution >= 0.6 is 0 Å². The molecule has 0 amide bonds. The fraction of sp³-hybridized carbons (Fsp3) is 0.273. The van der Waals surface area contributed by atoms with Crippen molar-refractivity contribution >= 4 is 11.9 Å².